The van der Waals surface area contributed by atoms with Gasteiger partial charge in [-0.05, 0) is 125 Å². The summed E-state index contributed by atoms with van der Waals surface area (Å²) in [6.07, 6.45) is 0. The molecule has 0 bridgehead atoms. The topological polar surface area (TPSA) is 25.8 Å². The van der Waals surface area contributed by atoms with E-state index in [1.54, 1.807) is 0 Å². The van der Waals surface area contributed by atoms with E-state index in [2.05, 4.69) is 218 Å². The van der Waals surface area contributed by atoms with Crippen molar-refractivity contribution >= 4 is 10.8 Å². The predicted molar refractivity (Wildman–Crippen MR) is 268 cm³/mol. The van der Waals surface area contributed by atoms with Crippen molar-refractivity contribution in [2.24, 2.45) is 0 Å². The van der Waals surface area contributed by atoms with Crippen LogP contribution in [0.5, 0.6) is 0 Å². The van der Waals surface area contributed by atoms with Crippen LogP contribution in [0.1, 0.15) is 22.3 Å². The number of rotatable bonds is 6. The zero-order valence-electron chi connectivity index (χ0n) is 35.5. The molecule has 10 aromatic carbocycles. The lowest BCUT2D eigenvalue weighted by Gasteiger charge is -2.31. The van der Waals surface area contributed by atoms with Crippen LogP contribution in [0, 0.1) is 0 Å². The Kier molecular flexibility index (Phi) is 8.47. The molecule has 13 rings (SSSR count). The highest BCUT2D eigenvalue weighted by atomic mass is 14.9. The maximum Gasteiger partial charge on any atom is 0.160 e. The van der Waals surface area contributed by atoms with E-state index < -0.39 is 5.41 Å². The zero-order chi connectivity index (χ0) is 42.9. The molecule has 0 fully saturated rings. The van der Waals surface area contributed by atoms with Gasteiger partial charge in [-0.1, -0.05) is 206 Å². The van der Waals surface area contributed by atoms with Crippen LogP contribution in [0.15, 0.2) is 243 Å². The Hall–Kier alpha value is -8.46. The van der Waals surface area contributed by atoms with Crippen molar-refractivity contribution in [3.63, 3.8) is 0 Å². The minimum absolute atomic E-state index is 0.448. The largest absolute Gasteiger partial charge is 0.228 e. The molecule has 11 aromatic rings. The van der Waals surface area contributed by atoms with Crippen LogP contribution in [0.25, 0.3) is 100 Å². The lowest BCUT2D eigenvalue weighted by Crippen LogP contribution is -2.25. The first-order chi connectivity index (χ1) is 32.2. The fourth-order valence-corrected chi connectivity index (χ4v) is 10.8. The van der Waals surface area contributed by atoms with E-state index >= 15 is 0 Å². The van der Waals surface area contributed by atoms with Gasteiger partial charge in [-0.15, -0.1) is 0 Å². The Bertz CT molecular complexity index is 3560. The predicted octanol–water partition coefficient (Wildman–Crippen LogP) is 16.0. The molecule has 0 unspecified atom stereocenters. The maximum absolute atomic E-state index is 5.17. The SMILES string of the molecule is c1ccc(-c2cc(-c3cccc(-c4cccc(-c5cc6c(cc5-c5ccc7ccccc7c5)-c5ccccc5C65c6ccccc6-c6ccccc65)c4)c3)nc(-c3ccccc3)n2)cc1. The van der Waals surface area contributed by atoms with Crippen LogP contribution in [0.3, 0.4) is 0 Å². The molecule has 0 saturated heterocycles. The number of hydrogen-bond donors (Lipinski definition) is 0. The highest BCUT2D eigenvalue weighted by molar-refractivity contribution is 6.00. The molecule has 2 aliphatic rings. The molecule has 1 aromatic heterocycles. The van der Waals surface area contributed by atoms with Gasteiger partial charge in [0.1, 0.15) is 0 Å². The molecule has 0 atom stereocenters. The van der Waals surface area contributed by atoms with E-state index in [0.29, 0.717) is 5.82 Å². The van der Waals surface area contributed by atoms with Gasteiger partial charge >= 0.3 is 0 Å². The minimum atomic E-state index is -0.448. The molecule has 2 nitrogen and oxygen atoms in total. The van der Waals surface area contributed by atoms with Crippen LogP contribution in [0.4, 0.5) is 0 Å². The van der Waals surface area contributed by atoms with Crippen molar-refractivity contribution in [2.75, 3.05) is 0 Å². The average Bonchev–Trinajstić information content (AvgIpc) is 3.85. The summed E-state index contributed by atoms with van der Waals surface area (Å²) in [5.41, 5.74) is 22.0. The standard InChI is InChI=1S/C63H40N2/c1-3-18-42(19-4-1)60-40-61(65-62(64-60)43-20-5-2-6-21-43)49-26-16-24-46(37-49)45-23-15-25-47(36-45)54-39-59-55(38-53(54)48-34-33-41-17-7-8-22-44(41)35-48)52-29-11-14-32-58(52)63(59)56-30-12-9-27-50(56)51-28-10-13-31-57(51)63/h1-40H. The van der Waals surface area contributed by atoms with Crippen LogP contribution in [0.2, 0.25) is 0 Å². The highest BCUT2D eigenvalue weighted by Gasteiger charge is 2.51. The van der Waals surface area contributed by atoms with Gasteiger partial charge in [0.2, 0.25) is 0 Å². The third kappa shape index (κ3) is 5.88. The van der Waals surface area contributed by atoms with Crippen molar-refractivity contribution in [3.05, 3.63) is 265 Å². The number of benzene rings is 10. The fraction of sp³-hybridized carbons (Fsp3) is 0.0159. The van der Waals surface area contributed by atoms with Gasteiger partial charge in [-0.3, -0.25) is 0 Å². The molecular formula is C63H40N2. The van der Waals surface area contributed by atoms with Crippen molar-refractivity contribution in [3.8, 4) is 89.5 Å². The Morgan fingerprint density at radius 3 is 1.35 bits per heavy atom. The summed E-state index contributed by atoms with van der Waals surface area (Å²) in [5, 5.41) is 2.47. The number of hydrogen-bond acceptors (Lipinski definition) is 2. The van der Waals surface area contributed by atoms with Crippen molar-refractivity contribution in [1.82, 2.24) is 9.97 Å². The van der Waals surface area contributed by atoms with Crippen molar-refractivity contribution in [1.29, 1.82) is 0 Å². The molecule has 0 amide bonds. The smallest absolute Gasteiger partial charge is 0.160 e. The second kappa shape index (κ2) is 14.8. The van der Waals surface area contributed by atoms with Gasteiger partial charge in [0.25, 0.3) is 0 Å². The molecule has 2 heteroatoms. The average molecular weight is 825 g/mol. The van der Waals surface area contributed by atoms with Crippen LogP contribution >= 0.6 is 0 Å². The van der Waals surface area contributed by atoms with E-state index in [0.717, 1.165) is 39.2 Å². The van der Waals surface area contributed by atoms with Gasteiger partial charge in [-0.2, -0.15) is 0 Å². The molecule has 0 N–H and O–H groups in total. The molecule has 65 heavy (non-hydrogen) atoms. The second-order valence-electron chi connectivity index (χ2n) is 17.2. The number of aromatic nitrogens is 2. The van der Waals surface area contributed by atoms with E-state index in [9.17, 15) is 0 Å². The van der Waals surface area contributed by atoms with Crippen molar-refractivity contribution in [2.45, 2.75) is 5.41 Å². The lowest BCUT2D eigenvalue weighted by atomic mass is 9.70. The van der Waals surface area contributed by atoms with Crippen LogP contribution in [-0.4, -0.2) is 9.97 Å². The number of nitrogens with zero attached hydrogens (tertiary/aromatic N) is 2. The molecule has 0 saturated carbocycles. The van der Waals surface area contributed by atoms with Crippen LogP contribution < -0.4 is 0 Å². The molecule has 0 aliphatic heterocycles. The Labute approximate surface area is 378 Å². The zero-order valence-corrected chi connectivity index (χ0v) is 35.5. The summed E-state index contributed by atoms with van der Waals surface area (Å²) in [6, 6.07) is 88.5. The minimum Gasteiger partial charge on any atom is -0.228 e. The molecular weight excluding hydrogens is 785 g/mol. The Balaban J connectivity index is 1.01. The number of fused-ring (bicyclic) bond motifs is 11. The van der Waals surface area contributed by atoms with Crippen LogP contribution in [-0.2, 0) is 5.41 Å². The van der Waals surface area contributed by atoms with E-state index in [1.807, 2.05) is 24.3 Å². The second-order valence-corrected chi connectivity index (χ2v) is 17.2. The highest BCUT2D eigenvalue weighted by Crippen LogP contribution is 2.63. The van der Waals surface area contributed by atoms with Gasteiger partial charge in [0, 0.05) is 16.7 Å². The summed E-state index contributed by atoms with van der Waals surface area (Å²) in [7, 11) is 0. The van der Waals surface area contributed by atoms with E-state index in [4.69, 9.17) is 9.97 Å². The summed E-state index contributed by atoms with van der Waals surface area (Å²) in [4.78, 5) is 10.2. The molecule has 1 heterocycles. The molecule has 2 aliphatic carbocycles. The van der Waals surface area contributed by atoms with E-state index in [-0.39, 0.29) is 0 Å². The Morgan fingerprint density at radius 1 is 0.231 bits per heavy atom. The Morgan fingerprint density at radius 2 is 0.692 bits per heavy atom. The van der Waals surface area contributed by atoms with Gasteiger partial charge in [0.15, 0.2) is 5.82 Å². The first-order valence-electron chi connectivity index (χ1n) is 22.4. The van der Waals surface area contributed by atoms with Crippen molar-refractivity contribution < 1.29 is 0 Å². The third-order valence-electron chi connectivity index (χ3n) is 13.7. The van der Waals surface area contributed by atoms with E-state index in [1.165, 1.54) is 77.5 Å². The van der Waals surface area contributed by atoms with Gasteiger partial charge < -0.3 is 0 Å². The normalized spacial score (nSPS) is 12.7. The monoisotopic (exact) mass is 824 g/mol. The van der Waals surface area contributed by atoms with Gasteiger partial charge in [0.05, 0.1) is 16.8 Å². The van der Waals surface area contributed by atoms with Gasteiger partial charge in [-0.25, -0.2) is 9.97 Å². The maximum atomic E-state index is 5.17. The summed E-state index contributed by atoms with van der Waals surface area (Å²) in [5.74, 6) is 0.708. The summed E-state index contributed by atoms with van der Waals surface area (Å²) >= 11 is 0. The first kappa shape index (κ1) is 37.1. The molecule has 0 radical (unpaired) electrons. The fourth-order valence-electron chi connectivity index (χ4n) is 10.8. The third-order valence-corrected chi connectivity index (χ3v) is 13.7. The summed E-state index contributed by atoms with van der Waals surface area (Å²) in [6.45, 7) is 0. The lowest BCUT2D eigenvalue weighted by molar-refractivity contribution is 0.794. The molecule has 1 spiro atoms. The molecule has 302 valence electrons. The quantitative estimate of drug-likeness (QED) is 0.167. The first-order valence-corrected chi connectivity index (χ1v) is 22.4. The summed E-state index contributed by atoms with van der Waals surface area (Å²) < 4.78 is 0.